The van der Waals surface area contributed by atoms with Crippen molar-refractivity contribution in [3.8, 4) is 5.75 Å². The molecule has 278 valence electrons. The summed E-state index contributed by atoms with van der Waals surface area (Å²) in [6.45, 7) is 5.61. The van der Waals surface area contributed by atoms with Crippen molar-refractivity contribution in [2.24, 2.45) is 13.0 Å². The zero-order valence-corrected chi connectivity index (χ0v) is 31.3. The number of nitrogens with zero attached hydrogens (tertiary/aromatic N) is 4. The van der Waals surface area contributed by atoms with E-state index >= 15 is 0 Å². The lowest BCUT2D eigenvalue weighted by Crippen LogP contribution is -2.41. The summed E-state index contributed by atoms with van der Waals surface area (Å²) in [5.41, 5.74) is 9.90. The molecule has 4 aliphatic rings. The number of aryl methyl sites for hydroxylation is 2. The molecule has 0 saturated carbocycles. The summed E-state index contributed by atoms with van der Waals surface area (Å²) in [6, 6.07) is 33.1. The molecule has 1 unspecified atom stereocenters. The number of phenolic OH excluding ortho intramolecular Hbond substituents is 1. The van der Waals surface area contributed by atoms with Gasteiger partial charge in [-0.25, -0.2) is 0 Å². The van der Waals surface area contributed by atoms with Crippen LogP contribution in [0.15, 0.2) is 91.0 Å². The number of likely N-dealkylation sites (tertiary alicyclic amines) is 1. The number of hydrogen-bond donors (Lipinski definition) is 2. The second-order valence-electron chi connectivity index (χ2n) is 16.3. The largest absolute Gasteiger partial charge is 0.508 e. The van der Waals surface area contributed by atoms with Gasteiger partial charge in [-0.05, 0) is 134 Å². The summed E-state index contributed by atoms with van der Waals surface area (Å²) in [7, 11) is 1.94. The fourth-order valence-electron chi connectivity index (χ4n) is 10.1. The number of carbonyl (C=O) groups is 2. The zero-order chi connectivity index (χ0) is 36.8. The third kappa shape index (κ3) is 6.81. The van der Waals surface area contributed by atoms with E-state index in [1.807, 2.05) is 23.9 Å². The molecular formula is C46H51N5O3. The quantitative estimate of drug-likeness (QED) is 0.167. The third-order valence-electron chi connectivity index (χ3n) is 13.1. The molecule has 1 aliphatic carbocycles. The smallest absolute Gasteiger partial charge is 0.235 e. The number of aromatic nitrogens is 2. The van der Waals surface area contributed by atoms with Gasteiger partial charge in [-0.15, -0.1) is 0 Å². The first kappa shape index (κ1) is 34.8. The molecule has 1 aromatic heterocycles. The Morgan fingerprint density at radius 2 is 1.52 bits per heavy atom. The topological polar surface area (TPSA) is 90.7 Å². The van der Waals surface area contributed by atoms with Gasteiger partial charge in [0, 0.05) is 50.1 Å². The number of rotatable bonds is 7. The number of phenols is 1. The Balaban J connectivity index is 0.797. The number of hydrogen-bond acceptors (Lipinski definition) is 6. The highest BCUT2D eigenvalue weighted by Crippen LogP contribution is 2.47. The van der Waals surface area contributed by atoms with E-state index in [1.54, 1.807) is 0 Å². The molecule has 0 spiro atoms. The van der Waals surface area contributed by atoms with Gasteiger partial charge in [0.1, 0.15) is 5.75 Å². The molecule has 0 radical (unpaired) electrons. The molecule has 2 N–H and O–H groups in total. The Hall–Kier alpha value is -4.95. The number of fused-ring (bicyclic) bond motifs is 2. The van der Waals surface area contributed by atoms with Crippen LogP contribution < -0.4 is 10.2 Å². The van der Waals surface area contributed by atoms with Gasteiger partial charge in [0.15, 0.2) is 0 Å². The second kappa shape index (κ2) is 14.7. The van der Waals surface area contributed by atoms with Gasteiger partial charge in [0.25, 0.3) is 0 Å². The SMILES string of the molecule is Cn1nc(C2CCC(=O)NC2=O)c2ccc(N3CCC(CN4CCC(c5ccc([C@@H]6c7ccc(O)cc7CC[C@@H]6c6ccccc6)cc5)CC4)CC3)cc21. The van der Waals surface area contributed by atoms with E-state index in [9.17, 15) is 14.7 Å². The Kier molecular flexibility index (Phi) is 9.48. The minimum atomic E-state index is -0.380. The van der Waals surface area contributed by atoms with Crippen LogP contribution in [0.25, 0.3) is 10.9 Å². The van der Waals surface area contributed by atoms with E-state index in [4.69, 9.17) is 5.10 Å². The minimum absolute atomic E-state index is 0.198. The number of piperidine rings is 3. The van der Waals surface area contributed by atoms with Crippen LogP contribution in [0.5, 0.6) is 5.75 Å². The summed E-state index contributed by atoms with van der Waals surface area (Å²) in [4.78, 5) is 29.5. The number of benzene rings is 4. The van der Waals surface area contributed by atoms with Gasteiger partial charge in [0.05, 0.1) is 17.1 Å². The van der Waals surface area contributed by atoms with Crippen molar-refractivity contribution in [3.05, 3.63) is 125 Å². The minimum Gasteiger partial charge on any atom is -0.508 e. The Morgan fingerprint density at radius 1 is 0.759 bits per heavy atom. The number of nitrogens with one attached hydrogen (secondary N) is 1. The van der Waals surface area contributed by atoms with Crippen LogP contribution in [-0.4, -0.2) is 64.3 Å². The fourth-order valence-corrected chi connectivity index (χ4v) is 10.1. The Morgan fingerprint density at radius 3 is 2.28 bits per heavy atom. The molecular weight excluding hydrogens is 671 g/mol. The van der Waals surface area contributed by atoms with Crippen LogP contribution in [0.4, 0.5) is 5.69 Å². The van der Waals surface area contributed by atoms with E-state index in [0.717, 1.165) is 61.5 Å². The molecule has 3 saturated heterocycles. The maximum Gasteiger partial charge on any atom is 0.235 e. The molecule has 54 heavy (non-hydrogen) atoms. The summed E-state index contributed by atoms with van der Waals surface area (Å²) in [5, 5.41) is 18.5. The number of anilines is 1. The third-order valence-corrected chi connectivity index (χ3v) is 13.1. The van der Waals surface area contributed by atoms with Crippen LogP contribution in [0.1, 0.15) is 102 Å². The molecule has 4 aromatic carbocycles. The summed E-state index contributed by atoms with van der Waals surface area (Å²) in [5.74, 6) is 1.58. The average Bonchev–Trinajstić information content (AvgIpc) is 3.53. The van der Waals surface area contributed by atoms with Gasteiger partial charge >= 0.3 is 0 Å². The van der Waals surface area contributed by atoms with Crippen molar-refractivity contribution in [2.45, 2.75) is 75.0 Å². The van der Waals surface area contributed by atoms with Crippen molar-refractivity contribution < 1.29 is 14.7 Å². The zero-order valence-electron chi connectivity index (χ0n) is 31.3. The van der Waals surface area contributed by atoms with Gasteiger partial charge in [-0.1, -0.05) is 60.7 Å². The standard InChI is InChI=1S/C46H51N5O3/c1-49-42-28-36(12-15-40(42)45(48-49)41-17-18-43(53)47-46(41)54)51-25-19-30(20-26-51)29-50-23-21-32(22-24-50)31-7-9-34(10-8-31)44-38(33-5-3-2-4-6-33)14-11-35-27-37(52)13-16-39(35)44/h2-10,12-13,15-16,27-28,30,32,38,41,44,52H,11,14,17-26,29H2,1H3,(H,47,53,54)/t38-,41?,44+/m1/s1. The molecule has 3 atom stereocenters. The molecule has 5 aromatic rings. The molecule has 8 nitrogen and oxygen atoms in total. The van der Waals surface area contributed by atoms with Crippen molar-refractivity contribution in [1.82, 2.24) is 20.0 Å². The maximum absolute atomic E-state index is 12.6. The lowest BCUT2D eigenvalue weighted by Gasteiger charge is -2.38. The first-order valence-electron chi connectivity index (χ1n) is 20.1. The van der Waals surface area contributed by atoms with Crippen molar-refractivity contribution in [1.29, 1.82) is 0 Å². The normalized spacial score (nSPS) is 23.1. The molecule has 4 heterocycles. The molecule has 9 rings (SSSR count). The highest BCUT2D eigenvalue weighted by atomic mass is 16.3. The van der Waals surface area contributed by atoms with Gasteiger partial charge in [0.2, 0.25) is 11.8 Å². The maximum atomic E-state index is 12.6. The molecule has 0 bridgehead atoms. The summed E-state index contributed by atoms with van der Waals surface area (Å²) >= 11 is 0. The van der Waals surface area contributed by atoms with Crippen molar-refractivity contribution in [2.75, 3.05) is 37.6 Å². The van der Waals surface area contributed by atoms with E-state index < -0.39 is 0 Å². The Bertz CT molecular complexity index is 2140. The Labute approximate surface area is 318 Å². The monoisotopic (exact) mass is 721 g/mol. The highest BCUT2D eigenvalue weighted by molar-refractivity contribution is 6.02. The lowest BCUT2D eigenvalue weighted by molar-refractivity contribution is -0.134. The number of aromatic hydroxyl groups is 1. The summed E-state index contributed by atoms with van der Waals surface area (Å²) < 4.78 is 1.88. The van der Waals surface area contributed by atoms with Gasteiger partial charge in [-0.2, -0.15) is 5.10 Å². The van der Waals surface area contributed by atoms with Crippen LogP contribution in [0, 0.1) is 5.92 Å². The highest BCUT2D eigenvalue weighted by Gasteiger charge is 2.34. The lowest BCUT2D eigenvalue weighted by atomic mass is 9.69. The van der Waals surface area contributed by atoms with Crippen LogP contribution in [0.3, 0.4) is 0 Å². The molecule has 3 fully saturated rings. The molecule has 2 amide bonds. The van der Waals surface area contributed by atoms with Crippen molar-refractivity contribution in [3.63, 3.8) is 0 Å². The van der Waals surface area contributed by atoms with Crippen LogP contribution in [0.2, 0.25) is 0 Å². The van der Waals surface area contributed by atoms with Gasteiger partial charge < -0.3 is 14.9 Å². The van der Waals surface area contributed by atoms with Crippen molar-refractivity contribution >= 4 is 28.4 Å². The van der Waals surface area contributed by atoms with E-state index in [2.05, 4.69) is 94.0 Å². The number of imide groups is 1. The van der Waals surface area contributed by atoms with Crippen LogP contribution in [-0.2, 0) is 23.1 Å². The molecule has 3 aliphatic heterocycles. The average molecular weight is 722 g/mol. The summed E-state index contributed by atoms with van der Waals surface area (Å²) in [6.07, 6.45) is 7.75. The predicted octanol–water partition coefficient (Wildman–Crippen LogP) is 7.76. The van der Waals surface area contributed by atoms with E-state index in [0.29, 0.717) is 30.4 Å². The number of carbonyl (C=O) groups excluding carboxylic acids is 2. The van der Waals surface area contributed by atoms with Gasteiger partial charge in [-0.3, -0.25) is 19.6 Å². The van der Waals surface area contributed by atoms with Crippen LogP contribution >= 0.6 is 0 Å². The molecule has 8 heteroatoms. The fraction of sp³-hybridized carbons (Fsp3) is 0.413. The predicted molar refractivity (Wildman–Crippen MR) is 213 cm³/mol. The second-order valence-corrected chi connectivity index (χ2v) is 16.3. The first-order valence-corrected chi connectivity index (χ1v) is 20.1. The number of amides is 2. The van der Waals surface area contributed by atoms with E-state index in [-0.39, 0.29) is 23.7 Å². The first-order chi connectivity index (χ1) is 26.4. The van der Waals surface area contributed by atoms with E-state index in [1.165, 1.54) is 65.7 Å².